The SMILES string of the molecule is CCCC(=O)N1CCC[C@H]1c1ncc(-c2ccc3c(c2)COc2cc4c(ccc5[nH]c(CN(C(=O)CNC)[C@@H](C)CC)nc54)cc2-3)[nH]1. The molecule has 10 nitrogen and oxygen atoms in total. The zero-order chi connectivity index (χ0) is 32.7. The number of nitrogens with zero attached hydrogens (tertiary/aromatic N) is 4. The molecule has 5 aromatic rings. The highest BCUT2D eigenvalue weighted by Crippen LogP contribution is 2.42. The molecule has 0 saturated carbocycles. The van der Waals surface area contributed by atoms with E-state index in [0.717, 1.165) is 99.4 Å². The fourth-order valence-electron chi connectivity index (χ4n) is 7.06. The first-order chi connectivity index (χ1) is 22.9. The largest absolute Gasteiger partial charge is 0.488 e. The number of rotatable bonds is 10. The zero-order valence-corrected chi connectivity index (χ0v) is 27.7. The smallest absolute Gasteiger partial charge is 0.237 e. The van der Waals surface area contributed by atoms with E-state index in [9.17, 15) is 9.59 Å². The number of aromatic nitrogens is 4. The highest BCUT2D eigenvalue weighted by atomic mass is 16.5. The van der Waals surface area contributed by atoms with Gasteiger partial charge in [0, 0.05) is 30.0 Å². The van der Waals surface area contributed by atoms with Gasteiger partial charge in [-0.3, -0.25) is 9.59 Å². The first-order valence-corrected chi connectivity index (χ1v) is 16.9. The Balaban J connectivity index is 1.16. The molecule has 244 valence electrons. The molecule has 3 N–H and O–H groups in total. The van der Waals surface area contributed by atoms with Crippen molar-refractivity contribution in [2.45, 2.75) is 78.1 Å². The Morgan fingerprint density at radius 1 is 1.13 bits per heavy atom. The number of benzene rings is 3. The number of hydrogen-bond donors (Lipinski definition) is 3. The summed E-state index contributed by atoms with van der Waals surface area (Å²) >= 11 is 0. The van der Waals surface area contributed by atoms with Crippen molar-refractivity contribution >= 4 is 33.6 Å². The number of aromatic amines is 2. The molecule has 2 atom stereocenters. The van der Waals surface area contributed by atoms with Crippen LogP contribution in [0.2, 0.25) is 0 Å². The van der Waals surface area contributed by atoms with Crippen LogP contribution in [0.1, 0.15) is 76.1 Å². The number of ether oxygens (including phenoxy) is 1. The highest BCUT2D eigenvalue weighted by molar-refractivity contribution is 6.07. The van der Waals surface area contributed by atoms with E-state index in [-0.39, 0.29) is 23.9 Å². The number of hydrogen-bond acceptors (Lipinski definition) is 6. The lowest BCUT2D eigenvalue weighted by Crippen LogP contribution is -2.42. The normalized spacial score (nSPS) is 16.3. The van der Waals surface area contributed by atoms with Gasteiger partial charge in [0.2, 0.25) is 11.8 Å². The molecule has 7 rings (SSSR count). The molecule has 47 heavy (non-hydrogen) atoms. The minimum absolute atomic E-state index is 0.0145. The fourth-order valence-corrected chi connectivity index (χ4v) is 7.06. The van der Waals surface area contributed by atoms with Crippen molar-refractivity contribution in [2.24, 2.45) is 0 Å². The molecule has 0 radical (unpaired) electrons. The predicted octanol–water partition coefficient (Wildman–Crippen LogP) is 6.48. The molecule has 2 aromatic heterocycles. The van der Waals surface area contributed by atoms with Crippen LogP contribution in [-0.4, -0.2) is 67.7 Å². The molecule has 0 aliphatic carbocycles. The molecule has 2 amide bonds. The Hall–Kier alpha value is -4.70. The van der Waals surface area contributed by atoms with Gasteiger partial charge in [0.15, 0.2) is 0 Å². The van der Waals surface area contributed by atoms with Crippen molar-refractivity contribution in [2.75, 3.05) is 20.1 Å². The maximum Gasteiger partial charge on any atom is 0.237 e. The minimum Gasteiger partial charge on any atom is -0.488 e. The van der Waals surface area contributed by atoms with Crippen LogP contribution < -0.4 is 10.1 Å². The Bertz CT molecular complexity index is 1960. The molecule has 1 fully saturated rings. The van der Waals surface area contributed by atoms with E-state index >= 15 is 0 Å². The average molecular weight is 634 g/mol. The lowest BCUT2D eigenvalue weighted by atomic mass is 9.92. The quantitative estimate of drug-likeness (QED) is 0.162. The molecule has 2 aliphatic rings. The highest BCUT2D eigenvalue weighted by Gasteiger charge is 2.31. The molecular weight excluding hydrogens is 590 g/mol. The van der Waals surface area contributed by atoms with Gasteiger partial charge in [0.25, 0.3) is 0 Å². The van der Waals surface area contributed by atoms with Gasteiger partial charge < -0.3 is 29.8 Å². The van der Waals surface area contributed by atoms with Crippen molar-refractivity contribution in [3.05, 3.63) is 65.9 Å². The lowest BCUT2D eigenvalue weighted by Gasteiger charge is -2.27. The Labute approximate surface area is 274 Å². The third-order valence-electron chi connectivity index (χ3n) is 9.75. The second-order valence-electron chi connectivity index (χ2n) is 12.9. The van der Waals surface area contributed by atoms with Crippen LogP contribution in [0.25, 0.3) is 44.2 Å². The number of H-pyrrole nitrogens is 2. The van der Waals surface area contributed by atoms with E-state index in [2.05, 4.69) is 71.6 Å². The van der Waals surface area contributed by atoms with E-state index in [1.807, 2.05) is 22.9 Å². The van der Waals surface area contributed by atoms with Crippen LogP contribution in [-0.2, 0) is 22.7 Å². The predicted molar refractivity (Wildman–Crippen MR) is 184 cm³/mol. The number of likely N-dealkylation sites (tertiary alicyclic amines) is 1. The summed E-state index contributed by atoms with van der Waals surface area (Å²) in [5.74, 6) is 2.73. The maximum atomic E-state index is 12.8. The zero-order valence-electron chi connectivity index (χ0n) is 27.7. The number of fused-ring (bicyclic) bond motifs is 6. The fraction of sp³-hybridized carbons (Fsp3) is 0.405. The third kappa shape index (κ3) is 5.75. The van der Waals surface area contributed by atoms with Crippen molar-refractivity contribution in [3.63, 3.8) is 0 Å². The van der Waals surface area contributed by atoms with Crippen LogP contribution in [0.4, 0.5) is 0 Å². The summed E-state index contributed by atoms with van der Waals surface area (Å²) in [5.41, 5.74) is 7.13. The average Bonchev–Trinajstić information content (AvgIpc) is 3.86. The molecule has 0 unspecified atom stereocenters. The van der Waals surface area contributed by atoms with Gasteiger partial charge in [-0.15, -0.1) is 0 Å². The lowest BCUT2D eigenvalue weighted by molar-refractivity contribution is -0.133. The van der Waals surface area contributed by atoms with Crippen molar-refractivity contribution < 1.29 is 14.3 Å². The summed E-state index contributed by atoms with van der Waals surface area (Å²) in [7, 11) is 1.79. The monoisotopic (exact) mass is 633 g/mol. The van der Waals surface area contributed by atoms with E-state index in [1.165, 1.54) is 0 Å². The number of likely N-dealkylation sites (N-methyl/N-ethyl adjacent to an activating group) is 1. The number of amides is 2. The number of nitrogens with one attached hydrogen (secondary N) is 3. The molecule has 2 aliphatic heterocycles. The van der Waals surface area contributed by atoms with E-state index in [4.69, 9.17) is 14.7 Å². The minimum atomic E-state index is 0.0145. The Kier molecular flexibility index (Phi) is 8.44. The van der Waals surface area contributed by atoms with Crippen molar-refractivity contribution in [3.8, 4) is 28.1 Å². The molecule has 0 spiro atoms. The summed E-state index contributed by atoms with van der Waals surface area (Å²) in [6, 6.07) is 15.1. The van der Waals surface area contributed by atoms with E-state index < -0.39 is 0 Å². The molecule has 10 heteroatoms. The van der Waals surface area contributed by atoms with Crippen molar-refractivity contribution in [1.82, 2.24) is 35.1 Å². The van der Waals surface area contributed by atoms with Crippen LogP contribution in [0.3, 0.4) is 0 Å². The van der Waals surface area contributed by atoms with Crippen LogP contribution >= 0.6 is 0 Å². The molecule has 0 bridgehead atoms. The van der Waals surface area contributed by atoms with Crippen LogP contribution in [0, 0.1) is 0 Å². The van der Waals surface area contributed by atoms with Gasteiger partial charge in [-0.05, 0) is 86.0 Å². The molecule has 1 saturated heterocycles. The van der Waals surface area contributed by atoms with Gasteiger partial charge in [-0.25, -0.2) is 9.97 Å². The number of carbonyl (C=O) groups excluding carboxylic acids is 2. The van der Waals surface area contributed by atoms with Gasteiger partial charge in [0.05, 0.1) is 42.1 Å². The second-order valence-corrected chi connectivity index (χ2v) is 12.9. The van der Waals surface area contributed by atoms with E-state index in [0.29, 0.717) is 26.1 Å². The molecule has 3 aromatic carbocycles. The van der Waals surface area contributed by atoms with E-state index in [1.54, 1.807) is 7.05 Å². The third-order valence-corrected chi connectivity index (χ3v) is 9.75. The van der Waals surface area contributed by atoms with Gasteiger partial charge in [-0.2, -0.15) is 0 Å². The van der Waals surface area contributed by atoms with Gasteiger partial charge >= 0.3 is 0 Å². The van der Waals surface area contributed by atoms with Crippen LogP contribution in [0.5, 0.6) is 5.75 Å². The molecular formula is C37H43N7O3. The first-order valence-electron chi connectivity index (χ1n) is 16.9. The number of imidazole rings is 2. The summed E-state index contributed by atoms with van der Waals surface area (Å²) in [4.78, 5) is 46.0. The van der Waals surface area contributed by atoms with Gasteiger partial charge in [0.1, 0.15) is 24.0 Å². The number of carbonyl (C=O) groups is 2. The summed E-state index contributed by atoms with van der Waals surface area (Å²) < 4.78 is 6.36. The Morgan fingerprint density at radius 2 is 2.00 bits per heavy atom. The van der Waals surface area contributed by atoms with Crippen molar-refractivity contribution in [1.29, 1.82) is 0 Å². The van der Waals surface area contributed by atoms with Crippen LogP contribution in [0.15, 0.2) is 48.7 Å². The molecule has 4 heterocycles. The second kappa shape index (κ2) is 12.8. The summed E-state index contributed by atoms with van der Waals surface area (Å²) in [6.07, 6.45) is 6.12. The first kappa shape index (κ1) is 30.9. The Morgan fingerprint density at radius 3 is 2.81 bits per heavy atom. The topological polar surface area (TPSA) is 119 Å². The standard InChI is InChI=1S/C37H43N7O3/c1-5-8-34(45)43-14-7-9-31(43)37-39-18-30(41-37)24-10-12-26-25(15-24)21-47-32-17-27-23(16-28(26)32)11-13-29-36(27)42-33(40-29)20-44(22(3)6-2)35(46)19-38-4/h10-13,15-18,22,31,38H,5-9,14,19-21H2,1-4H3,(H,39,41)(H,40,42)/t22-,31-/m0/s1. The van der Waals surface area contributed by atoms with Gasteiger partial charge in [-0.1, -0.05) is 32.0 Å². The maximum absolute atomic E-state index is 12.8. The summed E-state index contributed by atoms with van der Waals surface area (Å²) in [5, 5.41) is 5.08. The summed E-state index contributed by atoms with van der Waals surface area (Å²) in [6.45, 7) is 8.19.